The number of carboxylic acids is 1. The van der Waals surface area contributed by atoms with Crippen LogP contribution in [0, 0.1) is 0 Å². The zero-order chi connectivity index (χ0) is 23.1. The number of hydroxylamine groups is 1. The Bertz CT molecular complexity index is 983. The second-order valence-corrected chi connectivity index (χ2v) is 7.69. The summed E-state index contributed by atoms with van der Waals surface area (Å²) in [6.07, 6.45) is 1.24. The van der Waals surface area contributed by atoms with Gasteiger partial charge in [0.25, 0.3) is 5.91 Å². The van der Waals surface area contributed by atoms with E-state index in [4.69, 9.17) is 9.84 Å². The van der Waals surface area contributed by atoms with Crippen LogP contribution < -0.4 is 10.8 Å². The molecule has 0 radical (unpaired) electrons. The molecule has 2 amide bonds. The van der Waals surface area contributed by atoms with Gasteiger partial charge in [-0.1, -0.05) is 60.2 Å². The van der Waals surface area contributed by atoms with Crippen LogP contribution in [0.25, 0.3) is 11.1 Å². The van der Waals surface area contributed by atoms with E-state index in [1.54, 1.807) is 6.08 Å². The molecule has 8 heteroatoms. The van der Waals surface area contributed by atoms with Crippen LogP contribution in [0.3, 0.4) is 0 Å². The fourth-order valence-corrected chi connectivity index (χ4v) is 3.61. The fraction of sp³-hybridized carbons (Fsp3) is 0.292. The predicted molar refractivity (Wildman–Crippen MR) is 118 cm³/mol. The SMILES string of the molecule is CC(C)=CCC(NC(=O)OCC1c2ccccc2-c2ccccc21)C(=O)NOCC(=O)O. The molecule has 168 valence electrons. The van der Waals surface area contributed by atoms with Crippen LogP contribution in [0.15, 0.2) is 60.2 Å². The third-order valence-corrected chi connectivity index (χ3v) is 5.08. The lowest BCUT2D eigenvalue weighted by Crippen LogP contribution is -2.47. The number of hydrogen-bond donors (Lipinski definition) is 3. The molecule has 0 saturated carbocycles. The second kappa shape index (κ2) is 10.6. The summed E-state index contributed by atoms with van der Waals surface area (Å²) in [6, 6.07) is 15.0. The number of carbonyl (C=O) groups is 3. The first-order valence-corrected chi connectivity index (χ1v) is 10.2. The lowest BCUT2D eigenvalue weighted by Gasteiger charge is -2.18. The number of benzene rings is 2. The smallest absolute Gasteiger partial charge is 0.407 e. The maximum Gasteiger partial charge on any atom is 0.407 e. The van der Waals surface area contributed by atoms with Gasteiger partial charge < -0.3 is 15.2 Å². The highest BCUT2D eigenvalue weighted by molar-refractivity contribution is 5.85. The molecule has 0 aromatic heterocycles. The van der Waals surface area contributed by atoms with Gasteiger partial charge in [-0.3, -0.25) is 9.63 Å². The summed E-state index contributed by atoms with van der Waals surface area (Å²) >= 11 is 0. The highest BCUT2D eigenvalue weighted by Gasteiger charge is 2.29. The molecule has 3 N–H and O–H groups in total. The van der Waals surface area contributed by atoms with Gasteiger partial charge >= 0.3 is 12.1 Å². The van der Waals surface area contributed by atoms with Crippen LogP contribution >= 0.6 is 0 Å². The molecule has 32 heavy (non-hydrogen) atoms. The maximum absolute atomic E-state index is 12.5. The van der Waals surface area contributed by atoms with Crippen molar-refractivity contribution in [3.63, 3.8) is 0 Å². The van der Waals surface area contributed by atoms with Crippen molar-refractivity contribution in [2.45, 2.75) is 32.2 Å². The van der Waals surface area contributed by atoms with E-state index in [1.165, 1.54) is 0 Å². The number of carbonyl (C=O) groups excluding carboxylic acids is 2. The molecule has 2 aromatic carbocycles. The van der Waals surface area contributed by atoms with Gasteiger partial charge in [-0.25, -0.2) is 15.1 Å². The van der Waals surface area contributed by atoms with Crippen LogP contribution in [-0.2, 0) is 19.2 Å². The van der Waals surface area contributed by atoms with Crippen molar-refractivity contribution in [3.8, 4) is 11.1 Å². The number of nitrogens with one attached hydrogen (secondary N) is 2. The number of amides is 2. The van der Waals surface area contributed by atoms with Gasteiger partial charge in [0.05, 0.1) is 0 Å². The summed E-state index contributed by atoms with van der Waals surface area (Å²) in [5.74, 6) is -2.00. The summed E-state index contributed by atoms with van der Waals surface area (Å²) in [4.78, 5) is 40.0. The third kappa shape index (κ3) is 5.73. The van der Waals surface area contributed by atoms with Gasteiger partial charge in [0.15, 0.2) is 6.61 Å². The Labute approximate surface area is 186 Å². The number of aliphatic carboxylic acids is 1. The van der Waals surface area contributed by atoms with Crippen molar-refractivity contribution in [1.82, 2.24) is 10.8 Å². The van der Waals surface area contributed by atoms with E-state index >= 15 is 0 Å². The van der Waals surface area contributed by atoms with E-state index in [2.05, 4.69) is 10.2 Å². The number of ether oxygens (including phenoxy) is 1. The quantitative estimate of drug-likeness (QED) is 0.409. The summed E-state index contributed by atoms with van der Waals surface area (Å²) in [5.41, 5.74) is 7.42. The normalized spacial score (nSPS) is 12.8. The first-order chi connectivity index (χ1) is 15.4. The Balaban J connectivity index is 1.64. The van der Waals surface area contributed by atoms with Gasteiger partial charge in [0.2, 0.25) is 0 Å². The Morgan fingerprint density at radius 2 is 1.62 bits per heavy atom. The van der Waals surface area contributed by atoms with Crippen molar-refractivity contribution in [3.05, 3.63) is 71.3 Å². The molecule has 1 atom stereocenters. The molecule has 1 unspecified atom stereocenters. The summed E-state index contributed by atoms with van der Waals surface area (Å²) < 4.78 is 5.48. The molecule has 1 aliphatic carbocycles. The zero-order valence-corrected chi connectivity index (χ0v) is 18.0. The standard InChI is InChI=1S/C24H26N2O6/c1-15(2)11-12-21(23(29)26-32-14-22(27)28)25-24(30)31-13-20-18-9-5-3-7-16(18)17-8-4-6-10-19(17)20/h3-11,20-21H,12-14H2,1-2H3,(H,25,30)(H,26,29)(H,27,28). The lowest BCUT2D eigenvalue weighted by molar-refractivity contribution is -0.149. The first-order valence-electron chi connectivity index (χ1n) is 10.2. The highest BCUT2D eigenvalue weighted by Crippen LogP contribution is 2.44. The van der Waals surface area contributed by atoms with E-state index in [9.17, 15) is 14.4 Å². The second-order valence-electron chi connectivity index (χ2n) is 7.69. The summed E-state index contributed by atoms with van der Waals surface area (Å²) in [6.45, 7) is 3.16. The van der Waals surface area contributed by atoms with Crippen LogP contribution in [0.4, 0.5) is 4.79 Å². The van der Waals surface area contributed by atoms with Crippen molar-refractivity contribution in [2.24, 2.45) is 0 Å². The minimum Gasteiger partial charge on any atom is -0.479 e. The molecular weight excluding hydrogens is 412 g/mol. The zero-order valence-electron chi connectivity index (χ0n) is 18.0. The van der Waals surface area contributed by atoms with Crippen molar-refractivity contribution in [1.29, 1.82) is 0 Å². The van der Waals surface area contributed by atoms with E-state index in [0.29, 0.717) is 0 Å². The molecule has 0 heterocycles. The molecule has 8 nitrogen and oxygen atoms in total. The molecule has 0 aliphatic heterocycles. The van der Waals surface area contributed by atoms with Crippen molar-refractivity contribution >= 4 is 18.0 Å². The lowest BCUT2D eigenvalue weighted by atomic mass is 9.98. The van der Waals surface area contributed by atoms with Crippen LogP contribution in [0.5, 0.6) is 0 Å². The van der Waals surface area contributed by atoms with Gasteiger partial charge in [-0.2, -0.15) is 0 Å². The van der Waals surface area contributed by atoms with E-state index in [-0.39, 0.29) is 18.9 Å². The highest BCUT2D eigenvalue weighted by atomic mass is 16.7. The van der Waals surface area contributed by atoms with Crippen molar-refractivity contribution < 1.29 is 29.1 Å². The number of alkyl carbamates (subject to hydrolysis) is 1. The molecule has 1 aliphatic rings. The van der Waals surface area contributed by atoms with E-state index in [1.807, 2.05) is 67.9 Å². The number of rotatable bonds is 9. The minimum atomic E-state index is -1.23. The molecule has 0 spiro atoms. The maximum atomic E-state index is 12.5. The Morgan fingerprint density at radius 3 is 2.19 bits per heavy atom. The van der Waals surface area contributed by atoms with Crippen LogP contribution in [-0.4, -0.2) is 42.3 Å². The van der Waals surface area contributed by atoms with Gasteiger partial charge in [-0.15, -0.1) is 0 Å². The molecular formula is C24H26N2O6. The van der Waals surface area contributed by atoms with E-state index < -0.39 is 30.6 Å². The Morgan fingerprint density at radius 1 is 1.03 bits per heavy atom. The minimum absolute atomic E-state index is 0.0999. The Kier molecular flexibility index (Phi) is 7.62. The molecule has 2 aromatic rings. The fourth-order valence-electron chi connectivity index (χ4n) is 3.61. The van der Waals surface area contributed by atoms with Crippen molar-refractivity contribution in [2.75, 3.05) is 13.2 Å². The van der Waals surface area contributed by atoms with Gasteiger partial charge in [-0.05, 0) is 42.5 Å². The molecule has 0 bridgehead atoms. The largest absolute Gasteiger partial charge is 0.479 e. The molecule has 0 saturated heterocycles. The average Bonchev–Trinajstić information content (AvgIpc) is 3.08. The van der Waals surface area contributed by atoms with Crippen LogP contribution in [0.2, 0.25) is 0 Å². The molecule has 3 rings (SSSR count). The van der Waals surface area contributed by atoms with E-state index in [0.717, 1.165) is 27.8 Å². The number of fused-ring (bicyclic) bond motifs is 3. The Hall–Kier alpha value is -3.65. The summed E-state index contributed by atoms with van der Waals surface area (Å²) in [5, 5.41) is 11.2. The van der Waals surface area contributed by atoms with Gasteiger partial charge in [0, 0.05) is 5.92 Å². The monoisotopic (exact) mass is 438 g/mol. The summed E-state index contributed by atoms with van der Waals surface area (Å²) in [7, 11) is 0. The first kappa shape index (κ1) is 23.0. The molecule has 0 fully saturated rings. The number of allylic oxidation sites excluding steroid dienone is 1. The third-order valence-electron chi connectivity index (χ3n) is 5.08. The van der Waals surface area contributed by atoms with Crippen LogP contribution in [0.1, 0.15) is 37.3 Å². The predicted octanol–water partition coefficient (Wildman–Crippen LogP) is 3.38. The number of carboxylic acid groups (broad SMARTS) is 1. The average molecular weight is 438 g/mol. The topological polar surface area (TPSA) is 114 Å². The number of hydrogen-bond acceptors (Lipinski definition) is 5. The van der Waals surface area contributed by atoms with Gasteiger partial charge in [0.1, 0.15) is 12.6 Å².